The van der Waals surface area contributed by atoms with Gasteiger partial charge in [0.2, 0.25) is 0 Å². The van der Waals surface area contributed by atoms with E-state index in [1.807, 2.05) is 6.92 Å². The van der Waals surface area contributed by atoms with Crippen LogP contribution in [-0.4, -0.2) is 48.5 Å². The van der Waals surface area contributed by atoms with Crippen LogP contribution in [0.3, 0.4) is 0 Å². The second-order valence-corrected chi connectivity index (χ2v) is 7.96. The molecule has 29 heavy (non-hydrogen) atoms. The van der Waals surface area contributed by atoms with Crippen LogP contribution < -0.4 is 10.0 Å². The number of hydrogen-bond acceptors (Lipinski definition) is 3. The summed E-state index contributed by atoms with van der Waals surface area (Å²) in [6, 6.07) is 9.06. The van der Waals surface area contributed by atoms with Gasteiger partial charge in [-0.2, -0.15) is 0 Å². The second kappa shape index (κ2) is 9.54. The molecule has 0 unspecified atom stereocenters. The number of alkyl halides is 1. The molecule has 1 heterocycles. The maximum atomic E-state index is 15.3. The highest BCUT2D eigenvalue weighted by Crippen LogP contribution is 2.30. The molecule has 3 atom stereocenters. The first-order chi connectivity index (χ1) is 14.0. The lowest BCUT2D eigenvalue weighted by molar-refractivity contribution is 0.190. The number of nitrogens with one attached hydrogen (secondary N) is 2. The van der Waals surface area contributed by atoms with Crippen molar-refractivity contribution in [1.29, 1.82) is 0 Å². The van der Waals surface area contributed by atoms with Crippen LogP contribution in [0.1, 0.15) is 12.5 Å². The van der Waals surface area contributed by atoms with Crippen LogP contribution >= 0.6 is 11.9 Å². The lowest BCUT2D eigenvalue weighted by Crippen LogP contribution is -2.48. The van der Waals surface area contributed by atoms with E-state index in [-0.39, 0.29) is 18.5 Å². The standard InChI is InChI=1S/C21H24F3N3OS/c1-3-29-26-20-17(23)12-27(21(28)25-2)18(20)11-14-7-5-9-16(19(14)24)13-6-4-8-15(22)10-13/h4-10,17-18,20,26H,3,11-12H2,1-2H3,(H,25,28)/t17-,18-,20-/m0/s1. The van der Waals surface area contributed by atoms with Gasteiger partial charge in [0.05, 0.1) is 18.6 Å². The molecule has 2 aromatic rings. The highest BCUT2D eigenvalue weighted by atomic mass is 32.2. The monoisotopic (exact) mass is 423 g/mol. The van der Waals surface area contributed by atoms with E-state index in [4.69, 9.17) is 0 Å². The van der Waals surface area contributed by atoms with Crippen molar-refractivity contribution in [3.63, 3.8) is 0 Å². The van der Waals surface area contributed by atoms with Gasteiger partial charge in [0.15, 0.2) is 0 Å². The van der Waals surface area contributed by atoms with Crippen LogP contribution in [0.25, 0.3) is 11.1 Å². The number of nitrogens with zero attached hydrogens (tertiary/aromatic N) is 1. The van der Waals surface area contributed by atoms with Gasteiger partial charge in [0.1, 0.15) is 17.8 Å². The Morgan fingerprint density at radius 1 is 1.24 bits per heavy atom. The zero-order valence-electron chi connectivity index (χ0n) is 16.3. The maximum absolute atomic E-state index is 15.3. The van der Waals surface area contributed by atoms with E-state index in [0.29, 0.717) is 11.1 Å². The molecule has 0 bridgehead atoms. The summed E-state index contributed by atoms with van der Waals surface area (Å²) < 4.78 is 46.6. The van der Waals surface area contributed by atoms with Crippen molar-refractivity contribution in [3.8, 4) is 11.1 Å². The normalized spacial score (nSPS) is 21.4. The van der Waals surface area contributed by atoms with Gasteiger partial charge >= 0.3 is 6.03 Å². The minimum Gasteiger partial charge on any atom is -0.341 e. The number of benzene rings is 2. The third-order valence-corrected chi connectivity index (χ3v) is 5.79. The smallest absolute Gasteiger partial charge is 0.317 e. The Labute approximate surface area is 173 Å². The molecule has 0 radical (unpaired) electrons. The van der Waals surface area contributed by atoms with Gasteiger partial charge in [0, 0.05) is 18.4 Å². The largest absolute Gasteiger partial charge is 0.341 e. The van der Waals surface area contributed by atoms with Crippen molar-refractivity contribution >= 4 is 18.0 Å². The molecule has 2 N–H and O–H groups in total. The topological polar surface area (TPSA) is 44.4 Å². The Morgan fingerprint density at radius 3 is 2.69 bits per heavy atom. The molecule has 0 aliphatic carbocycles. The average molecular weight is 424 g/mol. The lowest BCUT2D eigenvalue weighted by atomic mass is 9.95. The molecule has 3 rings (SSSR count). The molecule has 8 heteroatoms. The van der Waals surface area contributed by atoms with Gasteiger partial charge in [-0.3, -0.25) is 4.72 Å². The molecule has 2 amide bonds. The van der Waals surface area contributed by atoms with E-state index < -0.39 is 35.9 Å². The van der Waals surface area contributed by atoms with Crippen LogP contribution in [0.4, 0.5) is 18.0 Å². The summed E-state index contributed by atoms with van der Waals surface area (Å²) in [5.41, 5.74) is 1.06. The summed E-state index contributed by atoms with van der Waals surface area (Å²) in [5, 5.41) is 2.53. The van der Waals surface area contributed by atoms with Crippen LogP contribution in [0.15, 0.2) is 42.5 Å². The molecular weight excluding hydrogens is 399 g/mol. The molecule has 0 saturated carbocycles. The van der Waals surface area contributed by atoms with E-state index in [0.717, 1.165) is 5.75 Å². The average Bonchev–Trinajstić information content (AvgIpc) is 3.02. The number of carbonyl (C=O) groups is 1. The number of halogens is 3. The molecule has 1 saturated heterocycles. The Balaban J connectivity index is 1.93. The molecule has 1 aliphatic rings. The Hall–Kier alpha value is -2.19. The van der Waals surface area contributed by atoms with Crippen molar-refractivity contribution in [2.24, 2.45) is 0 Å². The zero-order chi connectivity index (χ0) is 21.0. The lowest BCUT2D eigenvalue weighted by Gasteiger charge is -2.28. The quantitative estimate of drug-likeness (QED) is 0.686. The van der Waals surface area contributed by atoms with Crippen molar-refractivity contribution in [2.75, 3.05) is 19.3 Å². The van der Waals surface area contributed by atoms with Gasteiger partial charge < -0.3 is 10.2 Å². The van der Waals surface area contributed by atoms with Crippen molar-refractivity contribution in [1.82, 2.24) is 14.9 Å². The van der Waals surface area contributed by atoms with E-state index >= 15 is 4.39 Å². The Bertz CT molecular complexity index is 867. The minimum atomic E-state index is -1.26. The second-order valence-electron chi connectivity index (χ2n) is 6.86. The third-order valence-electron chi connectivity index (χ3n) is 5.06. The van der Waals surface area contributed by atoms with Crippen molar-refractivity contribution in [3.05, 3.63) is 59.7 Å². The molecule has 1 fully saturated rings. The number of amides is 2. The van der Waals surface area contributed by atoms with E-state index in [1.165, 1.54) is 42.1 Å². The Kier molecular flexibility index (Phi) is 7.08. The SMILES string of the molecule is CCSN[C@H]1[C@@H](F)CN(C(=O)NC)[C@H]1Cc1cccc(-c2cccc(F)c2)c1F. The first kappa shape index (κ1) is 21.5. The van der Waals surface area contributed by atoms with Crippen LogP contribution in [-0.2, 0) is 6.42 Å². The third kappa shape index (κ3) is 4.70. The summed E-state index contributed by atoms with van der Waals surface area (Å²) in [6.07, 6.45) is -1.11. The van der Waals surface area contributed by atoms with Gasteiger partial charge in [0.25, 0.3) is 0 Å². The first-order valence-electron chi connectivity index (χ1n) is 9.49. The molecular formula is C21H24F3N3OS. The van der Waals surface area contributed by atoms with Crippen LogP contribution in [0.5, 0.6) is 0 Å². The van der Waals surface area contributed by atoms with Crippen LogP contribution in [0.2, 0.25) is 0 Å². The van der Waals surface area contributed by atoms with Crippen LogP contribution in [0, 0.1) is 11.6 Å². The fourth-order valence-electron chi connectivity index (χ4n) is 3.66. The highest BCUT2D eigenvalue weighted by molar-refractivity contribution is 7.97. The molecule has 4 nitrogen and oxygen atoms in total. The minimum absolute atomic E-state index is 0.0580. The maximum Gasteiger partial charge on any atom is 0.317 e. The number of rotatable bonds is 6. The molecule has 0 aromatic heterocycles. The first-order valence-corrected chi connectivity index (χ1v) is 10.5. The number of likely N-dealkylation sites (tertiary alicyclic amines) is 1. The summed E-state index contributed by atoms with van der Waals surface area (Å²) in [4.78, 5) is 13.7. The molecule has 0 spiro atoms. The van der Waals surface area contributed by atoms with Gasteiger partial charge in [-0.25, -0.2) is 18.0 Å². The fourth-order valence-corrected chi connectivity index (χ4v) is 4.32. The van der Waals surface area contributed by atoms with Gasteiger partial charge in [-0.05, 0) is 29.7 Å². The molecule has 1 aliphatic heterocycles. The summed E-state index contributed by atoms with van der Waals surface area (Å²) >= 11 is 1.37. The number of carbonyl (C=O) groups excluding carboxylic acids is 1. The van der Waals surface area contributed by atoms with Gasteiger partial charge in [-0.15, -0.1) is 0 Å². The number of urea groups is 1. The molecule has 2 aromatic carbocycles. The fraction of sp³-hybridized carbons (Fsp3) is 0.381. The summed E-state index contributed by atoms with van der Waals surface area (Å²) in [7, 11) is 1.49. The van der Waals surface area contributed by atoms with Crippen molar-refractivity contribution < 1.29 is 18.0 Å². The van der Waals surface area contributed by atoms with E-state index in [9.17, 15) is 13.6 Å². The zero-order valence-corrected chi connectivity index (χ0v) is 17.1. The number of hydrogen-bond donors (Lipinski definition) is 2. The molecule has 156 valence electrons. The highest BCUT2D eigenvalue weighted by Gasteiger charge is 2.44. The van der Waals surface area contributed by atoms with Crippen molar-refractivity contribution in [2.45, 2.75) is 31.6 Å². The predicted octanol–water partition coefficient (Wildman–Crippen LogP) is 4.16. The van der Waals surface area contributed by atoms with E-state index in [2.05, 4.69) is 10.0 Å². The van der Waals surface area contributed by atoms with E-state index in [1.54, 1.807) is 24.3 Å². The summed E-state index contributed by atoms with van der Waals surface area (Å²) in [5.74, 6) is -0.201. The summed E-state index contributed by atoms with van der Waals surface area (Å²) in [6.45, 7) is 1.88. The van der Waals surface area contributed by atoms with Gasteiger partial charge in [-0.1, -0.05) is 49.2 Å². The Morgan fingerprint density at radius 2 is 2.00 bits per heavy atom. The predicted molar refractivity (Wildman–Crippen MR) is 110 cm³/mol.